The van der Waals surface area contributed by atoms with E-state index in [4.69, 9.17) is 9.84 Å². The highest BCUT2D eigenvalue weighted by Crippen LogP contribution is 2.09. The van der Waals surface area contributed by atoms with Crippen LogP contribution >= 0.6 is 0 Å². The molecule has 4 nitrogen and oxygen atoms in total. The topological polar surface area (TPSA) is 63.6 Å². The fourth-order valence-electron chi connectivity index (χ4n) is 2.96. The van der Waals surface area contributed by atoms with E-state index in [-0.39, 0.29) is 12.4 Å². The number of ether oxygens (including phenoxy) is 1. The van der Waals surface area contributed by atoms with Crippen LogP contribution in [0.25, 0.3) is 0 Å². The number of aliphatic carboxylic acids is 1. The molecule has 0 aromatic heterocycles. The molecule has 0 aliphatic rings. The average molecular weight is 419 g/mol. The van der Waals surface area contributed by atoms with Crippen LogP contribution in [0.2, 0.25) is 0 Å². The summed E-state index contributed by atoms with van der Waals surface area (Å²) in [6, 6.07) is 27.7. The van der Waals surface area contributed by atoms with E-state index in [9.17, 15) is 9.59 Å². The van der Waals surface area contributed by atoms with Crippen LogP contribution in [0.15, 0.2) is 84.9 Å². The van der Waals surface area contributed by atoms with Gasteiger partial charge in [-0.1, -0.05) is 91.9 Å². The summed E-state index contributed by atoms with van der Waals surface area (Å²) in [5, 5.41) is 8.37. The molecule has 0 heterocycles. The van der Waals surface area contributed by atoms with Crippen molar-refractivity contribution in [2.45, 2.75) is 45.6 Å². The normalized spacial score (nSPS) is 9.97. The van der Waals surface area contributed by atoms with Gasteiger partial charge in [0.2, 0.25) is 0 Å². The minimum Gasteiger partial charge on any atom is -0.481 e. The van der Waals surface area contributed by atoms with Gasteiger partial charge in [-0.2, -0.15) is 0 Å². The smallest absolute Gasteiger partial charge is 0.306 e. The van der Waals surface area contributed by atoms with Crippen molar-refractivity contribution in [2.75, 3.05) is 0 Å². The fraction of sp³-hybridized carbons (Fsp3) is 0.259. The van der Waals surface area contributed by atoms with E-state index in [1.807, 2.05) is 66.7 Å². The minimum atomic E-state index is -0.742. The maximum Gasteiger partial charge on any atom is 0.306 e. The van der Waals surface area contributed by atoms with Gasteiger partial charge in [0.05, 0.1) is 0 Å². The first-order chi connectivity index (χ1) is 15.1. The minimum absolute atomic E-state index is 0.143. The van der Waals surface area contributed by atoms with Gasteiger partial charge in [-0.15, -0.1) is 0 Å². The quantitative estimate of drug-likeness (QED) is 0.458. The second kappa shape index (κ2) is 13.8. The SMILES string of the molecule is CCc1cccc(CCC(=O)OCc2ccccc2)c1.O=C(O)CCc1ccccc1. The maximum absolute atomic E-state index is 11.7. The summed E-state index contributed by atoms with van der Waals surface area (Å²) in [4.78, 5) is 21.9. The lowest BCUT2D eigenvalue weighted by molar-refractivity contribution is -0.145. The van der Waals surface area contributed by atoms with Gasteiger partial charge in [0, 0.05) is 12.8 Å². The lowest BCUT2D eigenvalue weighted by Crippen LogP contribution is -2.06. The van der Waals surface area contributed by atoms with Crippen molar-refractivity contribution in [3.8, 4) is 0 Å². The zero-order chi connectivity index (χ0) is 22.3. The maximum atomic E-state index is 11.7. The molecule has 0 amide bonds. The van der Waals surface area contributed by atoms with E-state index in [1.165, 1.54) is 11.1 Å². The molecular formula is C27H30O4. The van der Waals surface area contributed by atoms with Crippen LogP contribution in [0.1, 0.15) is 42.0 Å². The zero-order valence-electron chi connectivity index (χ0n) is 18.0. The molecule has 162 valence electrons. The monoisotopic (exact) mass is 418 g/mol. The van der Waals surface area contributed by atoms with Gasteiger partial charge in [0.15, 0.2) is 0 Å². The van der Waals surface area contributed by atoms with Crippen LogP contribution in [-0.2, 0) is 40.2 Å². The van der Waals surface area contributed by atoms with Crippen LogP contribution in [0.3, 0.4) is 0 Å². The molecule has 1 N–H and O–H groups in total. The van der Waals surface area contributed by atoms with Crippen molar-refractivity contribution in [1.82, 2.24) is 0 Å². The number of carbonyl (C=O) groups is 2. The third kappa shape index (κ3) is 10.3. The summed E-state index contributed by atoms with van der Waals surface area (Å²) in [5.41, 5.74) is 4.60. The highest BCUT2D eigenvalue weighted by atomic mass is 16.5. The molecule has 3 aromatic carbocycles. The molecule has 0 bridgehead atoms. The van der Waals surface area contributed by atoms with Gasteiger partial charge < -0.3 is 9.84 Å². The molecule has 0 saturated carbocycles. The summed E-state index contributed by atoms with van der Waals surface area (Å²) >= 11 is 0. The molecule has 4 heteroatoms. The number of aryl methyl sites for hydroxylation is 3. The lowest BCUT2D eigenvalue weighted by Gasteiger charge is -2.06. The molecule has 3 rings (SSSR count). The van der Waals surface area contributed by atoms with E-state index >= 15 is 0 Å². The largest absolute Gasteiger partial charge is 0.481 e. The highest BCUT2D eigenvalue weighted by molar-refractivity contribution is 5.69. The predicted molar refractivity (Wildman–Crippen MR) is 123 cm³/mol. The van der Waals surface area contributed by atoms with Crippen LogP contribution in [-0.4, -0.2) is 17.0 Å². The van der Waals surface area contributed by atoms with E-state index < -0.39 is 5.97 Å². The van der Waals surface area contributed by atoms with Crippen LogP contribution in [0.5, 0.6) is 0 Å². The Morgan fingerprint density at radius 3 is 1.87 bits per heavy atom. The Labute approximate surface area is 184 Å². The summed E-state index contributed by atoms with van der Waals surface area (Å²) in [6.45, 7) is 2.49. The molecule has 3 aromatic rings. The van der Waals surface area contributed by atoms with Crippen molar-refractivity contribution in [2.24, 2.45) is 0 Å². The first-order valence-electron chi connectivity index (χ1n) is 10.6. The first kappa shape index (κ1) is 23.9. The highest BCUT2D eigenvalue weighted by Gasteiger charge is 2.04. The summed E-state index contributed by atoms with van der Waals surface area (Å²) in [5.74, 6) is -0.885. The Bertz CT molecular complexity index is 920. The second-order valence-electron chi connectivity index (χ2n) is 7.20. The van der Waals surface area contributed by atoms with Crippen molar-refractivity contribution in [1.29, 1.82) is 0 Å². The summed E-state index contributed by atoms with van der Waals surface area (Å²) in [6.07, 6.45) is 3.02. The molecule has 0 saturated heterocycles. The van der Waals surface area contributed by atoms with E-state index in [2.05, 4.69) is 25.1 Å². The zero-order valence-corrected chi connectivity index (χ0v) is 18.0. The van der Waals surface area contributed by atoms with Crippen molar-refractivity contribution < 1.29 is 19.4 Å². The number of carboxylic acids is 1. The Hall–Kier alpha value is -3.40. The number of carboxylic acid groups (broad SMARTS) is 1. The third-order valence-electron chi connectivity index (χ3n) is 4.73. The second-order valence-corrected chi connectivity index (χ2v) is 7.20. The Kier molecular flexibility index (Phi) is 10.6. The van der Waals surface area contributed by atoms with Crippen LogP contribution < -0.4 is 0 Å². The molecular weight excluding hydrogens is 388 g/mol. The molecule has 0 spiro atoms. The Balaban J connectivity index is 0.000000262. The molecule has 0 fully saturated rings. The standard InChI is InChI=1S/C18H20O2.C9H10O2/c1-2-15-9-6-10-16(13-15)11-12-18(19)20-14-17-7-4-3-5-8-17;10-9(11)7-6-8-4-2-1-3-5-8/h3-10,13H,2,11-12,14H2,1H3;1-5H,6-7H2,(H,10,11). The Morgan fingerprint density at radius 2 is 1.26 bits per heavy atom. The van der Waals surface area contributed by atoms with Crippen molar-refractivity contribution in [3.63, 3.8) is 0 Å². The summed E-state index contributed by atoms with van der Waals surface area (Å²) < 4.78 is 5.27. The van der Waals surface area contributed by atoms with Crippen molar-refractivity contribution >= 4 is 11.9 Å². The van der Waals surface area contributed by atoms with E-state index in [0.717, 1.165) is 24.0 Å². The van der Waals surface area contributed by atoms with Gasteiger partial charge >= 0.3 is 11.9 Å². The molecule has 0 unspecified atom stereocenters. The number of rotatable bonds is 9. The number of hydrogen-bond donors (Lipinski definition) is 1. The third-order valence-corrected chi connectivity index (χ3v) is 4.73. The van der Waals surface area contributed by atoms with Crippen LogP contribution in [0.4, 0.5) is 0 Å². The number of benzene rings is 3. The van der Waals surface area contributed by atoms with Crippen LogP contribution in [0, 0.1) is 0 Å². The molecule has 0 atom stereocenters. The van der Waals surface area contributed by atoms with E-state index in [0.29, 0.717) is 19.4 Å². The molecule has 0 aliphatic heterocycles. The van der Waals surface area contributed by atoms with Gasteiger partial charge in [-0.3, -0.25) is 9.59 Å². The van der Waals surface area contributed by atoms with Gasteiger partial charge in [0.1, 0.15) is 6.61 Å². The fourth-order valence-corrected chi connectivity index (χ4v) is 2.96. The number of hydrogen-bond acceptors (Lipinski definition) is 3. The lowest BCUT2D eigenvalue weighted by atomic mass is 10.1. The molecule has 0 radical (unpaired) electrons. The summed E-state index contributed by atoms with van der Waals surface area (Å²) in [7, 11) is 0. The van der Waals surface area contributed by atoms with Gasteiger partial charge in [0.25, 0.3) is 0 Å². The Morgan fingerprint density at radius 1 is 0.710 bits per heavy atom. The predicted octanol–water partition coefficient (Wildman–Crippen LogP) is 5.63. The van der Waals surface area contributed by atoms with Gasteiger partial charge in [-0.05, 0) is 41.5 Å². The first-order valence-corrected chi connectivity index (χ1v) is 10.6. The number of esters is 1. The van der Waals surface area contributed by atoms with Crippen molar-refractivity contribution in [3.05, 3.63) is 107 Å². The van der Waals surface area contributed by atoms with Gasteiger partial charge in [-0.25, -0.2) is 0 Å². The number of carbonyl (C=O) groups excluding carboxylic acids is 1. The molecule has 31 heavy (non-hydrogen) atoms. The molecule has 0 aliphatic carbocycles. The average Bonchev–Trinajstić information content (AvgIpc) is 2.82. The van der Waals surface area contributed by atoms with E-state index in [1.54, 1.807) is 0 Å².